The summed E-state index contributed by atoms with van der Waals surface area (Å²) in [5.41, 5.74) is 2.38. The summed E-state index contributed by atoms with van der Waals surface area (Å²) in [5, 5.41) is 0. The number of para-hydroxylation sites is 1. The number of rotatable bonds is 1. The molecular weight excluding hydrogens is 174 g/mol. The van der Waals surface area contributed by atoms with E-state index in [0.29, 0.717) is 12.1 Å². The second-order valence-electron chi connectivity index (χ2n) is 3.29. The summed E-state index contributed by atoms with van der Waals surface area (Å²) in [6.45, 7) is 7.65. The molecular formula is C12H11NO. The fraction of sp³-hybridized carbons (Fsp3) is 0.0833. The summed E-state index contributed by atoms with van der Waals surface area (Å²) in [7, 11) is 0. The van der Waals surface area contributed by atoms with Gasteiger partial charge in [-0.2, -0.15) is 0 Å². The standard InChI is InChI=1S/C12H11NO/c1-9-8-12(14)13(10(9)2)11-6-4-3-5-7-11/h3-7H,1-2,8H2. The predicted octanol–water partition coefficient (Wildman–Crippen LogP) is 2.49. The molecule has 2 heteroatoms. The van der Waals surface area contributed by atoms with E-state index in [9.17, 15) is 4.79 Å². The van der Waals surface area contributed by atoms with Gasteiger partial charge in [-0.3, -0.25) is 9.69 Å². The predicted molar refractivity (Wildman–Crippen MR) is 56.8 cm³/mol. The Hall–Kier alpha value is -1.83. The molecule has 1 fully saturated rings. The van der Waals surface area contributed by atoms with Crippen molar-refractivity contribution in [2.24, 2.45) is 0 Å². The van der Waals surface area contributed by atoms with E-state index < -0.39 is 0 Å². The molecule has 2 rings (SSSR count). The van der Waals surface area contributed by atoms with E-state index in [4.69, 9.17) is 0 Å². The first-order valence-corrected chi connectivity index (χ1v) is 4.45. The Labute approximate surface area is 83.2 Å². The largest absolute Gasteiger partial charge is 0.281 e. The van der Waals surface area contributed by atoms with Gasteiger partial charge in [0.25, 0.3) is 0 Å². The number of nitrogens with zero attached hydrogens (tertiary/aromatic N) is 1. The molecule has 70 valence electrons. The second-order valence-corrected chi connectivity index (χ2v) is 3.29. The zero-order valence-electron chi connectivity index (χ0n) is 7.86. The minimum atomic E-state index is 0.0474. The molecule has 0 aromatic heterocycles. The first-order chi connectivity index (χ1) is 6.70. The first kappa shape index (κ1) is 8.75. The Morgan fingerprint density at radius 2 is 1.79 bits per heavy atom. The molecule has 1 amide bonds. The minimum Gasteiger partial charge on any atom is -0.281 e. The normalized spacial score (nSPS) is 16.6. The number of amides is 1. The van der Waals surface area contributed by atoms with Crippen LogP contribution in [0.1, 0.15) is 6.42 Å². The van der Waals surface area contributed by atoms with Crippen molar-refractivity contribution in [3.05, 3.63) is 54.8 Å². The van der Waals surface area contributed by atoms with Gasteiger partial charge in [-0.1, -0.05) is 31.4 Å². The van der Waals surface area contributed by atoms with Crippen molar-refractivity contribution < 1.29 is 4.79 Å². The lowest BCUT2D eigenvalue weighted by atomic mass is 10.2. The smallest absolute Gasteiger partial charge is 0.236 e. The summed E-state index contributed by atoms with van der Waals surface area (Å²) in [5.74, 6) is 0.0474. The van der Waals surface area contributed by atoms with Crippen molar-refractivity contribution in [2.45, 2.75) is 6.42 Å². The highest BCUT2D eigenvalue weighted by Gasteiger charge is 2.28. The van der Waals surface area contributed by atoms with Gasteiger partial charge in [-0.15, -0.1) is 0 Å². The Bertz CT molecular complexity index is 406. The third-order valence-electron chi connectivity index (χ3n) is 2.31. The molecule has 0 N–H and O–H groups in total. The third-order valence-corrected chi connectivity index (χ3v) is 2.31. The Morgan fingerprint density at radius 1 is 1.14 bits per heavy atom. The van der Waals surface area contributed by atoms with E-state index in [2.05, 4.69) is 13.2 Å². The molecule has 1 aliphatic rings. The van der Waals surface area contributed by atoms with Gasteiger partial charge in [-0.05, 0) is 17.7 Å². The Kier molecular flexibility index (Phi) is 1.97. The van der Waals surface area contributed by atoms with Crippen LogP contribution in [0.2, 0.25) is 0 Å². The van der Waals surface area contributed by atoms with E-state index in [1.54, 1.807) is 4.90 Å². The molecule has 0 saturated carbocycles. The number of hydrogen-bond acceptors (Lipinski definition) is 1. The fourth-order valence-corrected chi connectivity index (χ4v) is 1.55. The van der Waals surface area contributed by atoms with Gasteiger partial charge in [0.15, 0.2) is 0 Å². The van der Waals surface area contributed by atoms with Crippen molar-refractivity contribution in [1.29, 1.82) is 0 Å². The van der Waals surface area contributed by atoms with E-state index >= 15 is 0 Å². The van der Waals surface area contributed by atoms with Crippen molar-refractivity contribution >= 4 is 11.6 Å². The molecule has 14 heavy (non-hydrogen) atoms. The average molecular weight is 185 g/mol. The van der Waals surface area contributed by atoms with Gasteiger partial charge in [-0.25, -0.2) is 0 Å². The van der Waals surface area contributed by atoms with Crippen molar-refractivity contribution in [3.63, 3.8) is 0 Å². The van der Waals surface area contributed by atoms with Crippen LogP contribution in [0.4, 0.5) is 5.69 Å². The van der Waals surface area contributed by atoms with Gasteiger partial charge in [0.2, 0.25) is 5.91 Å². The second kappa shape index (κ2) is 3.14. The minimum absolute atomic E-state index is 0.0474. The lowest BCUT2D eigenvalue weighted by Gasteiger charge is -2.16. The monoisotopic (exact) mass is 185 g/mol. The maximum absolute atomic E-state index is 11.6. The number of allylic oxidation sites excluding steroid dienone is 1. The maximum Gasteiger partial charge on any atom is 0.236 e. The van der Waals surface area contributed by atoms with E-state index in [1.165, 1.54) is 0 Å². The molecule has 0 atom stereocenters. The van der Waals surface area contributed by atoms with Gasteiger partial charge >= 0.3 is 0 Å². The maximum atomic E-state index is 11.6. The number of carbonyl (C=O) groups excluding carboxylic acids is 1. The van der Waals surface area contributed by atoms with Crippen molar-refractivity contribution in [1.82, 2.24) is 0 Å². The summed E-state index contributed by atoms with van der Waals surface area (Å²) in [6, 6.07) is 9.50. The third kappa shape index (κ3) is 1.25. The topological polar surface area (TPSA) is 20.3 Å². The molecule has 1 aromatic rings. The molecule has 0 bridgehead atoms. The van der Waals surface area contributed by atoms with Gasteiger partial charge in [0.05, 0.1) is 6.42 Å². The van der Waals surface area contributed by atoms with Crippen LogP contribution in [0.15, 0.2) is 54.8 Å². The molecule has 1 aliphatic heterocycles. The molecule has 1 saturated heterocycles. The number of hydrogen-bond donors (Lipinski definition) is 0. The zero-order valence-corrected chi connectivity index (χ0v) is 7.86. The molecule has 0 spiro atoms. The van der Waals surface area contributed by atoms with Crippen LogP contribution in [-0.4, -0.2) is 5.91 Å². The van der Waals surface area contributed by atoms with Crippen LogP contribution >= 0.6 is 0 Å². The summed E-state index contributed by atoms with van der Waals surface area (Å²) in [4.78, 5) is 13.2. The average Bonchev–Trinajstić information content (AvgIpc) is 2.43. The molecule has 2 nitrogen and oxygen atoms in total. The van der Waals surface area contributed by atoms with Crippen LogP contribution in [0.25, 0.3) is 0 Å². The Morgan fingerprint density at radius 3 is 2.29 bits per heavy atom. The van der Waals surface area contributed by atoms with Gasteiger partial charge in [0.1, 0.15) is 0 Å². The lowest BCUT2D eigenvalue weighted by molar-refractivity contribution is -0.116. The highest BCUT2D eigenvalue weighted by molar-refractivity contribution is 6.03. The van der Waals surface area contributed by atoms with Crippen molar-refractivity contribution in [3.8, 4) is 0 Å². The van der Waals surface area contributed by atoms with Gasteiger partial charge in [0, 0.05) is 11.4 Å². The summed E-state index contributed by atoms with van der Waals surface area (Å²) in [6.07, 6.45) is 0.383. The highest BCUT2D eigenvalue weighted by atomic mass is 16.2. The quantitative estimate of drug-likeness (QED) is 0.658. The summed E-state index contributed by atoms with van der Waals surface area (Å²) < 4.78 is 0. The molecule has 1 heterocycles. The zero-order chi connectivity index (χ0) is 10.1. The number of benzene rings is 1. The summed E-state index contributed by atoms with van der Waals surface area (Å²) >= 11 is 0. The molecule has 1 aromatic carbocycles. The molecule has 0 radical (unpaired) electrons. The van der Waals surface area contributed by atoms with Gasteiger partial charge < -0.3 is 0 Å². The van der Waals surface area contributed by atoms with E-state index in [-0.39, 0.29) is 5.91 Å². The number of carbonyl (C=O) groups is 1. The van der Waals surface area contributed by atoms with Crippen molar-refractivity contribution in [2.75, 3.05) is 4.90 Å². The SMILES string of the molecule is C=C1CC(=O)N(c2ccccc2)C1=C. The fourth-order valence-electron chi connectivity index (χ4n) is 1.55. The van der Waals surface area contributed by atoms with Crippen LogP contribution in [-0.2, 0) is 4.79 Å². The first-order valence-electron chi connectivity index (χ1n) is 4.45. The van der Waals surface area contributed by atoms with E-state index in [0.717, 1.165) is 11.3 Å². The number of anilines is 1. The lowest BCUT2D eigenvalue weighted by Crippen LogP contribution is -2.21. The van der Waals surface area contributed by atoms with Crippen LogP contribution in [0.3, 0.4) is 0 Å². The molecule has 0 aliphatic carbocycles. The Balaban J connectivity index is 2.41. The van der Waals surface area contributed by atoms with E-state index in [1.807, 2.05) is 30.3 Å². The van der Waals surface area contributed by atoms with Crippen LogP contribution in [0, 0.1) is 0 Å². The van der Waals surface area contributed by atoms with Crippen LogP contribution in [0.5, 0.6) is 0 Å². The molecule has 0 unspecified atom stereocenters. The highest BCUT2D eigenvalue weighted by Crippen LogP contribution is 2.30. The van der Waals surface area contributed by atoms with Crippen LogP contribution < -0.4 is 4.90 Å².